The van der Waals surface area contributed by atoms with Crippen molar-refractivity contribution in [3.63, 3.8) is 0 Å². The third-order valence-electron chi connectivity index (χ3n) is 10.4. The predicted molar refractivity (Wildman–Crippen MR) is 109 cm³/mol. The normalized spacial score (nSPS) is 51.7. The molecule has 1 N–H and O–H groups in total. The van der Waals surface area contributed by atoms with Gasteiger partial charge in [-0.3, -0.25) is 0 Å². The SMILES string of the molecule is CC[C@]12CCC3C(C(C4CC4)CC4=CC(=N)CC[C@@H]43)C1CC[C@@]21CCCO1. The van der Waals surface area contributed by atoms with Crippen LogP contribution in [-0.2, 0) is 4.74 Å². The summed E-state index contributed by atoms with van der Waals surface area (Å²) < 4.78 is 6.64. The van der Waals surface area contributed by atoms with Gasteiger partial charge in [0.25, 0.3) is 0 Å². The fraction of sp³-hybridized carbons (Fsp3) is 0.880. The third-order valence-corrected chi connectivity index (χ3v) is 10.4. The number of rotatable bonds is 2. The van der Waals surface area contributed by atoms with Crippen molar-refractivity contribution in [3.05, 3.63) is 11.6 Å². The average Bonchev–Trinajstić information content (AvgIpc) is 3.33. The Bertz CT molecular complexity index is 670. The lowest BCUT2D eigenvalue weighted by atomic mass is 9.46. The van der Waals surface area contributed by atoms with Crippen LogP contribution in [0.2, 0.25) is 0 Å². The number of hydrogen-bond acceptors (Lipinski definition) is 2. The van der Waals surface area contributed by atoms with Crippen molar-refractivity contribution in [1.82, 2.24) is 0 Å². The van der Waals surface area contributed by atoms with E-state index in [2.05, 4.69) is 13.0 Å². The van der Waals surface area contributed by atoms with Crippen molar-refractivity contribution in [2.45, 2.75) is 89.6 Å². The maximum absolute atomic E-state index is 8.23. The molecule has 6 rings (SSSR count). The summed E-state index contributed by atoms with van der Waals surface area (Å²) in [7, 11) is 0. The van der Waals surface area contributed by atoms with Crippen LogP contribution < -0.4 is 0 Å². The highest BCUT2D eigenvalue weighted by molar-refractivity contribution is 5.93. The first-order valence-corrected chi connectivity index (χ1v) is 12.1. The van der Waals surface area contributed by atoms with E-state index in [0.717, 1.165) is 54.2 Å². The van der Waals surface area contributed by atoms with Gasteiger partial charge in [0.1, 0.15) is 0 Å². The highest BCUT2D eigenvalue weighted by Crippen LogP contribution is 2.71. The number of fused-ring (bicyclic) bond motifs is 6. The highest BCUT2D eigenvalue weighted by atomic mass is 16.5. The molecule has 1 heterocycles. The van der Waals surface area contributed by atoms with E-state index in [1.165, 1.54) is 70.6 Å². The second-order valence-electron chi connectivity index (χ2n) is 11.0. The van der Waals surface area contributed by atoms with Crippen LogP contribution in [0.3, 0.4) is 0 Å². The lowest BCUT2D eigenvalue weighted by Crippen LogP contribution is -2.55. The van der Waals surface area contributed by atoms with E-state index in [-0.39, 0.29) is 5.60 Å². The molecule has 7 atom stereocenters. The van der Waals surface area contributed by atoms with E-state index in [4.69, 9.17) is 10.1 Å². The maximum atomic E-state index is 8.23. The van der Waals surface area contributed by atoms with E-state index in [1.54, 1.807) is 5.57 Å². The van der Waals surface area contributed by atoms with Gasteiger partial charge in [-0.2, -0.15) is 0 Å². The molecule has 0 aromatic heterocycles. The van der Waals surface area contributed by atoms with Crippen molar-refractivity contribution in [2.24, 2.45) is 40.9 Å². The molecule has 5 aliphatic carbocycles. The van der Waals surface area contributed by atoms with Gasteiger partial charge in [-0.1, -0.05) is 12.5 Å². The van der Waals surface area contributed by atoms with Gasteiger partial charge in [-0.05, 0) is 119 Å². The standard InChI is InChI=1S/C25H37NO/c1-2-24-11-8-20-19-7-6-18(26)14-17(19)15-21(16-4-5-16)23(20)22(24)9-12-25(24)10-3-13-27-25/h14,16,19-23,26H,2-13,15H2,1H3/t19-,20?,21?,22?,23?,24-,25-/m0/s1. The molecule has 0 amide bonds. The van der Waals surface area contributed by atoms with Crippen LogP contribution >= 0.6 is 0 Å². The average molecular weight is 368 g/mol. The number of hydrogen-bond donors (Lipinski definition) is 1. The summed E-state index contributed by atoms with van der Waals surface area (Å²) >= 11 is 0. The summed E-state index contributed by atoms with van der Waals surface area (Å²) in [5.41, 5.74) is 3.34. The number of nitrogens with one attached hydrogen (secondary N) is 1. The van der Waals surface area contributed by atoms with Crippen LogP contribution in [0.4, 0.5) is 0 Å². The lowest BCUT2D eigenvalue weighted by Gasteiger charge is -2.59. The van der Waals surface area contributed by atoms with Gasteiger partial charge < -0.3 is 10.1 Å². The van der Waals surface area contributed by atoms with Gasteiger partial charge in [0.2, 0.25) is 0 Å². The van der Waals surface area contributed by atoms with Gasteiger partial charge in [-0.15, -0.1) is 0 Å². The number of ether oxygens (including phenoxy) is 1. The van der Waals surface area contributed by atoms with E-state index < -0.39 is 0 Å². The quantitative estimate of drug-likeness (QED) is 0.623. The molecule has 0 aromatic rings. The Balaban J connectivity index is 1.41. The minimum Gasteiger partial charge on any atom is -0.374 e. The van der Waals surface area contributed by atoms with Gasteiger partial charge in [0.05, 0.1) is 5.60 Å². The van der Waals surface area contributed by atoms with Gasteiger partial charge in [-0.25, -0.2) is 0 Å². The molecule has 148 valence electrons. The van der Waals surface area contributed by atoms with E-state index in [1.807, 2.05) is 0 Å². The second kappa shape index (κ2) is 5.94. The van der Waals surface area contributed by atoms with Gasteiger partial charge >= 0.3 is 0 Å². The molecule has 2 nitrogen and oxygen atoms in total. The largest absolute Gasteiger partial charge is 0.374 e. The van der Waals surface area contributed by atoms with Crippen molar-refractivity contribution in [1.29, 1.82) is 5.41 Å². The van der Waals surface area contributed by atoms with Gasteiger partial charge in [0, 0.05) is 17.7 Å². The Morgan fingerprint density at radius 3 is 2.70 bits per heavy atom. The molecule has 0 bridgehead atoms. The van der Waals surface area contributed by atoms with Crippen LogP contribution in [0, 0.1) is 46.3 Å². The Morgan fingerprint density at radius 2 is 1.96 bits per heavy atom. The summed E-state index contributed by atoms with van der Waals surface area (Å²) in [6.07, 6.45) is 18.6. The van der Waals surface area contributed by atoms with Crippen molar-refractivity contribution >= 4 is 5.71 Å². The minimum atomic E-state index is 0.246. The molecule has 1 spiro atoms. The summed E-state index contributed by atoms with van der Waals surface area (Å²) in [5.74, 6) is 5.55. The number of allylic oxidation sites excluding steroid dienone is 2. The van der Waals surface area contributed by atoms with E-state index >= 15 is 0 Å². The Morgan fingerprint density at radius 1 is 1.07 bits per heavy atom. The summed E-state index contributed by atoms with van der Waals surface area (Å²) in [6.45, 7) is 3.51. The van der Waals surface area contributed by atoms with Crippen LogP contribution in [0.5, 0.6) is 0 Å². The molecule has 1 saturated heterocycles. The lowest BCUT2D eigenvalue weighted by molar-refractivity contribution is -0.148. The first-order valence-electron chi connectivity index (χ1n) is 12.1. The fourth-order valence-electron chi connectivity index (χ4n) is 9.29. The maximum Gasteiger partial charge on any atom is 0.0742 e. The van der Waals surface area contributed by atoms with Crippen LogP contribution in [-0.4, -0.2) is 17.9 Å². The zero-order valence-electron chi connectivity index (χ0n) is 17.1. The molecule has 2 heteroatoms. The summed E-state index contributed by atoms with van der Waals surface area (Å²) in [4.78, 5) is 0. The fourth-order valence-corrected chi connectivity index (χ4v) is 9.29. The molecular weight excluding hydrogens is 330 g/mol. The second-order valence-corrected chi connectivity index (χ2v) is 11.0. The topological polar surface area (TPSA) is 33.1 Å². The summed E-state index contributed by atoms with van der Waals surface area (Å²) in [6, 6.07) is 0. The minimum absolute atomic E-state index is 0.246. The van der Waals surface area contributed by atoms with E-state index in [9.17, 15) is 0 Å². The van der Waals surface area contributed by atoms with Crippen molar-refractivity contribution < 1.29 is 4.74 Å². The zero-order valence-corrected chi connectivity index (χ0v) is 17.1. The smallest absolute Gasteiger partial charge is 0.0742 e. The molecule has 1 aliphatic heterocycles. The molecule has 4 unspecified atom stereocenters. The molecule has 27 heavy (non-hydrogen) atoms. The third kappa shape index (κ3) is 2.26. The van der Waals surface area contributed by atoms with Crippen molar-refractivity contribution in [2.75, 3.05) is 6.61 Å². The van der Waals surface area contributed by atoms with Crippen molar-refractivity contribution in [3.8, 4) is 0 Å². The molecule has 4 saturated carbocycles. The Kier molecular flexibility index (Phi) is 3.79. The zero-order chi connectivity index (χ0) is 18.2. The Labute approximate surface area is 165 Å². The monoisotopic (exact) mass is 367 g/mol. The first-order chi connectivity index (χ1) is 13.2. The van der Waals surface area contributed by atoms with Gasteiger partial charge in [0.15, 0.2) is 0 Å². The highest BCUT2D eigenvalue weighted by Gasteiger charge is 2.67. The molecule has 6 aliphatic rings. The molecule has 0 aromatic carbocycles. The first kappa shape index (κ1) is 17.2. The molecule has 5 fully saturated rings. The molecule has 0 radical (unpaired) electrons. The van der Waals surface area contributed by atoms with Crippen LogP contribution in [0.25, 0.3) is 0 Å². The predicted octanol–water partition coefficient (Wildman–Crippen LogP) is 6.15. The van der Waals surface area contributed by atoms with Crippen LogP contribution in [0.1, 0.15) is 84.0 Å². The summed E-state index contributed by atoms with van der Waals surface area (Å²) in [5, 5.41) is 8.23. The molecular formula is C25H37NO. The van der Waals surface area contributed by atoms with Crippen LogP contribution in [0.15, 0.2) is 11.6 Å². The van der Waals surface area contributed by atoms with E-state index in [0.29, 0.717) is 5.41 Å². The Hall–Kier alpha value is -0.630.